The number of carbonyl (C=O) groups excluding carboxylic acids is 1. The number of carbonyl (C=O) groups is 1. The van der Waals surface area contributed by atoms with Crippen molar-refractivity contribution < 1.29 is 18.7 Å². The van der Waals surface area contributed by atoms with Gasteiger partial charge in [0.15, 0.2) is 0 Å². The predicted molar refractivity (Wildman–Crippen MR) is 71.6 cm³/mol. The Morgan fingerprint density at radius 1 is 1.20 bits per heavy atom. The quantitative estimate of drug-likeness (QED) is 0.739. The summed E-state index contributed by atoms with van der Waals surface area (Å²) in [6, 6.07) is 6.01. The lowest BCUT2D eigenvalue weighted by atomic mass is 10.1. The molecule has 2 aromatic rings. The summed E-state index contributed by atoms with van der Waals surface area (Å²) in [6.07, 6.45) is 0. The molecule has 0 spiro atoms. The van der Waals surface area contributed by atoms with Crippen LogP contribution in [0.5, 0.6) is 5.75 Å². The molecule has 0 bridgehead atoms. The van der Waals surface area contributed by atoms with Gasteiger partial charge < -0.3 is 16.2 Å². The molecule has 0 aromatic heterocycles. The number of benzene rings is 2. The number of nitrogens with one attached hydrogen (secondary N) is 1. The van der Waals surface area contributed by atoms with Gasteiger partial charge in [-0.05, 0) is 25.1 Å². The molecule has 20 heavy (non-hydrogen) atoms. The van der Waals surface area contributed by atoms with Crippen LogP contribution in [0.3, 0.4) is 0 Å². The van der Waals surface area contributed by atoms with Gasteiger partial charge in [-0.3, -0.25) is 4.79 Å². The third kappa shape index (κ3) is 2.69. The minimum Gasteiger partial charge on any atom is -0.507 e. The van der Waals surface area contributed by atoms with Gasteiger partial charge in [-0.2, -0.15) is 0 Å². The molecule has 4 N–H and O–H groups in total. The second kappa shape index (κ2) is 5.16. The summed E-state index contributed by atoms with van der Waals surface area (Å²) in [4.78, 5) is 12.0. The van der Waals surface area contributed by atoms with Crippen molar-refractivity contribution in [2.75, 3.05) is 11.1 Å². The summed E-state index contributed by atoms with van der Waals surface area (Å²) in [5.74, 6) is -2.80. The maximum absolute atomic E-state index is 13.5. The first-order valence-corrected chi connectivity index (χ1v) is 5.74. The highest BCUT2D eigenvalue weighted by Gasteiger charge is 2.15. The summed E-state index contributed by atoms with van der Waals surface area (Å²) in [6.45, 7) is 1.74. The number of anilines is 2. The van der Waals surface area contributed by atoms with Gasteiger partial charge in [0.1, 0.15) is 17.4 Å². The van der Waals surface area contributed by atoms with E-state index in [9.17, 15) is 18.7 Å². The number of aryl methyl sites for hydroxylation is 1. The molecule has 0 atom stereocenters. The number of nitrogens with two attached hydrogens (primary N) is 1. The van der Waals surface area contributed by atoms with E-state index in [0.29, 0.717) is 6.07 Å². The van der Waals surface area contributed by atoms with Crippen molar-refractivity contribution in [3.05, 3.63) is 53.1 Å². The van der Waals surface area contributed by atoms with Gasteiger partial charge in [0, 0.05) is 6.07 Å². The van der Waals surface area contributed by atoms with E-state index in [1.54, 1.807) is 13.0 Å². The third-order valence-electron chi connectivity index (χ3n) is 2.73. The van der Waals surface area contributed by atoms with E-state index in [-0.39, 0.29) is 22.7 Å². The molecule has 104 valence electrons. The highest BCUT2D eigenvalue weighted by atomic mass is 19.1. The Bertz CT molecular complexity index is 687. The van der Waals surface area contributed by atoms with Crippen LogP contribution in [0.15, 0.2) is 30.3 Å². The fraction of sp³-hybridized carbons (Fsp3) is 0.0714. The molecule has 0 aliphatic carbocycles. The van der Waals surface area contributed by atoms with Crippen LogP contribution in [-0.4, -0.2) is 11.0 Å². The number of phenols is 1. The van der Waals surface area contributed by atoms with E-state index in [1.807, 2.05) is 0 Å². The van der Waals surface area contributed by atoms with E-state index < -0.39 is 17.5 Å². The topological polar surface area (TPSA) is 75.3 Å². The van der Waals surface area contributed by atoms with Crippen LogP contribution in [-0.2, 0) is 0 Å². The van der Waals surface area contributed by atoms with Crippen LogP contribution in [0.4, 0.5) is 20.2 Å². The lowest BCUT2D eigenvalue weighted by Gasteiger charge is -2.09. The Kier molecular flexibility index (Phi) is 3.56. The highest BCUT2D eigenvalue weighted by molar-refractivity contribution is 6.06. The second-order valence-corrected chi connectivity index (χ2v) is 4.33. The largest absolute Gasteiger partial charge is 0.507 e. The van der Waals surface area contributed by atoms with Crippen molar-refractivity contribution >= 4 is 17.3 Å². The number of rotatable bonds is 2. The predicted octanol–water partition coefficient (Wildman–Crippen LogP) is 2.81. The zero-order valence-electron chi connectivity index (χ0n) is 10.6. The van der Waals surface area contributed by atoms with Crippen molar-refractivity contribution in [1.29, 1.82) is 0 Å². The van der Waals surface area contributed by atoms with Crippen LogP contribution in [0.1, 0.15) is 15.9 Å². The number of aromatic hydroxyl groups is 1. The van der Waals surface area contributed by atoms with E-state index in [2.05, 4.69) is 5.32 Å². The summed E-state index contributed by atoms with van der Waals surface area (Å²) >= 11 is 0. The third-order valence-corrected chi connectivity index (χ3v) is 2.73. The Morgan fingerprint density at radius 3 is 2.60 bits per heavy atom. The average molecular weight is 278 g/mol. The van der Waals surface area contributed by atoms with Crippen LogP contribution in [0.2, 0.25) is 0 Å². The SMILES string of the molecule is Cc1ccc(O)c(C(=O)Nc2cc(N)c(F)cc2F)c1. The van der Waals surface area contributed by atoms with E-state index in [1.165, 1.54) is 12.1 Å². The Balaban J connectivity index is 2.32. The molecule has 0 aliphatic heterocycles. The van der Waals surface area contributed by atoms with Crippen molar-refractivity contribution in [3.63, 3.8) is 0 Å². The van der Waals surface area contributed by atoms with Crippen molar-refractivity contribution in [2.45, 2.75) is 6.92 Å². The normalized spacial score (nSPS) is 10.3. The first-order chi connectivity index (χ1) is 9.38. The molecule has 6 heteroatoms. The lowest BCUT2D eigenvalue weighted by Crippen LogP contribution is -2.14. The molecular formula is C14H12F2N2O2. The average Bonchev–Trinajstić information content (AvgIpc) is 2.38. The molecule has 1 amide bonds. The molecule has 0 heterocycles. The first kappa shape index (κ1) is 13.8. The number of hydrogen-bond acceptors (Lipinski definition) is 3. The standard InChI is InChI=1S/C14H12F2N2O2/c1-7-2-3-13(19)8(4-7)14(20)18-12-6-11(17)9(15)5-10(12)16/h2-6,19H,17H2,1H3,(H,18,20). The summed E-state index contributed by atoms with van der Waals surface area (Å²) in [5.41, 5.74) is 5.53. The van der Waals surface area contributed by atoms with Gasteiger partial charge in [-0.15, -0.1) is 0 Å². The van der Waals surface area contributed by atoms with Gasteiger partial charge in [-0.1, -0.05) is 11.6 Å². The zero-order chi connectivity index (χ0) is 14.9. The first-order valence-electron chi connectivity index (χ1n) is 5.74. The fourth-order valence-corrected chi connectivity index (χ4v) is 1.68. The van der Waals surface area contributed by atoms with Gasteiger partial charge in [-0.25, -0.2) is 8.78 Å². The van der Waals surface area contributed by atoms with Crippen LogP contribution >= 0.6 is 0 Å². The number of amides is 1. The van der Waals surface area contributed by atoms with Crippen molar-refractivity contribution in [2.24, 2.45) is 0 Å². The minimum atomic E-state index is -0.947. The molecule has 0 saturated carbocycles. The Labute approximate surface area is 113 Å². The smallest absolute Gasteiger partial charge is 0.259 e. The zero-order valence-corrected chi connectivity index (χ0v) is 10.6. The van der Waals surface area contributed by atoms with Crippen LogP contribution in [0.25, 0.3) is 0 Å². The molecule has 0 unspecified atom stereocenters. The molecule has 4 nitrogen and oxygen atoms in total. The minimum absolute atomic E-state index is 0.00713. The highest BCUT2D eigenvalue weighted by Crippen LogP contribution is 2.24. The van der Waals surface area contributed by atoms with Crippen molar-refractivity contribution in [1.82, 2.24) is 0 Å². The molecule has 2 rings (SSSR count). The molecule has 0 aliphatic rings. The summed E-state index contributed by atoms with van der Waals surface area (Å²) in [5, 5.41) is 11.9. The maximum atomic E-state index is 13.5. The summed E-state index contributed by atoms with van der Waals surface area (Å²) < 4.78 is 26.5. The van der Waals surface area contributed by atoms with E-state index in [4.69, 9.17) is 5.73 Å². The molecule has 2 aromatic carbocycles. The van der Waals surface area contributed by atoms with Crippen LogP contribution < -0.4 is 11.1 Å². The molecule has 0 radical (unpaired) electrons. The number of phenolic OH excluding ortho intramolecular Hbond substituents is 1. The summed E-state index contributed by atoms with van der Waals surface area (Å²) in [7, 11) is 0. The number of halogens is 2. The second-order valence-electron chi connectivity index (χ2n) is 4.33. The molecule has 0 fully saturated rings. The lowest BCUT2D eigenvalue weighted by molar-refractivity contribution is 0.102. The molecule has 0 saturated heterocycles. The van der Waals surface area contributed by atoms with E-state index in [0.717, 1.165) is 11.6 Å². The molecular weight excluding hydrogens is 266 g/mol. The Hall–Kier alpha value is -2.63. The van der Waals surface area contributed by atoms with E-state index >= 15 is 0 Å². The monoisotopic (exact) mass is 278 g/mol. The maximum Gasteiger partial charge on any atom is 0.259 e. The van der Waals surface area contributed by atoms with Gasteiger partial charge in [0.25, 0.3) is 5.91 Å². The van der Waals surface area contributed by atoms with Gasteiger partial charge in [0.05, 0.1) is 16.9 Å². The van der Waals surface area contributed by atoms with Crippen LogP contribution in [0, 0.1) is 18.6 Å². The van der Waals surface area contributed by atoms with Gasteiger partial charge in [0.2, 0.25) is 0 Å². The number of hydrogen-bond donors (Lipinski definition) is 3. The van der Waals surface area contributed by atoms with Crippen molar-refractivity contribution in [3.8, 4) is 5.75 Å². The number of nitrogen functional groups attached to an aromatic ring is 1. The Morgan fingerprint density at radius 2 is 1.90 bits per heavy atom. The van der Waals surface area contributed by atoms with Gasteiger partial charge >= 0.3 is 0 Å². The fourth-order valence-electron chi connectivity index (χ4n) is 1.68.